The largest absolute Gasteiger partial charge is 0.399 e. The summed E-state index contributed by atoms with van der Waals surface area (Å²) < 4.78 is 0. The predicted molar refractivity (Wildman–Crippen MR) is 69.5 cm³/mol. The third kappa shape index (κ3) is 4.11. The number of hydrogen-bond donors (Lipinski definition) is 3. The Balaban J connectivity index is 2.69. The van der Waals surface area contributed by atoms with Gasteiger partial charge in [-0.25, -0.2) is 0 Å². The number of nitrogens with two attached hydrogens (primary N) is 1. The molecule has 1 atom stereocenters. The minimum atomic E-state index is 0.0983. The van der Waals surface area contributed by atoms with Crippen LogP contribution in [0, 0.1) is 12.8 Å². The van der Waals surface area contributed by atoms with E-state index in [0.717, 1.165) is 23.4 Å². The summed E-state index contributed by atoms with van der Waals surface area (Å²) >= 11 is 0. The van der Waals surface area contributed by atoms with E-state index in [4.69, 9.17) is 5.73 Å². The van der Waals surface area contributed by atoms with Crippen LogP contribution in [0.1, 0.15) is 25.8 Å². The molecule has 0 aromatic heterocycles. The van der Waals surface area contributed by atoms with Crippen LogP contribution >= 0.6 is 0 Å². The maximum atomic E-state index is 9.28. The maximum Gasteiger partial charge on any atom is 0.0632 e. The summed E-state index contributed by atoms with van der Waals surface area (Å²) in [5.74, 6) is 0.562. The Hall–Kier alpha value is -1.22. The molecule has 3 heteroatoms. The van der Waals surface area contributed by atoms with Crippen molar-refractivity contribution in [2.24, 2.45) is 5.92 Å². The SMILES string of the molecule is Cc1cc(N)cc(NC(CO)CC(C)C)c1. The highest BCUT2D eigenvalue weighted by molar-refractivity contribution is 5.57. The summed E-state index contributed by atoms with van der Waals surface area (Å²) in [4.78, 5) is 0. The highest BCUT2D eigenvalue weighted by Crippen LogP contribution is 2.18. The van der Waals surface area contributed by atoms with Gasteiger partial charge in [0.1, 0.15) is 0 Å². The molecular formula is C13H22N2O. The van der Waals surface area contributed by atoms with Gasteiger partial charge >= 0.3 is 0 Å². The molecule has 1 aromatic rings. The fraction of sp³-hybridized carbons (Fsp3) is 0.538. The number of hydrogen-bond acceptors (Lipinski definition) is 3. The molecule has 0 spiro atoms. The second kappa shape index (κ2) is 5.75. The van der Waals surface area contributed by atoms with Crippen molar-refractivity contribution in [2.75, 3.05) is 17.7 Å². The van der Waals surface area contributed by atoms with E-state index >= 15 is 0 Å². The van der Waals surface area contributed by atoms with E-state index < -0.39 is 0 Å². The van der Waals surface area contributed by atoms with Crippen LogP contribution in [0.15, 0.2) is 18.2 Å². The summed E-state index contributed by atoms with van der Waals surface area (Å²) in [6.07, 6.45) is 0.949. The molecule has 0 saturated heterocycles. The van der Waals surface area contributed by atoms with Gasteiger partial charge in [-0.05, 0) is 43.0 Å². The Morgan fingerprint density at radius 3 is 2.50 bits per heavy atom. The lowest BCUT2D eigenvalue weighted by atomic mass is 10.0. The van der Waals surface area contributed by atoms with Gasteiger partial charge < -0.3 is 16.2 Å². The molecule has 1 unspecified atom stereocenters. The average molecular weight is 222 g/mol. The zero-order chi connectivity index (χ0) is 12.1. The molecule has 0 heterocycles. The minimum absolute atomic E-state index is 0.0983. The average Bonchev–Trinajstić information content (AvgIpc) is 2.14. The number of nitrogen functional groups attached to an aromatic ring is 1. The van der Waals surface area contributed by atoms with Crippen molar-refractivity contribution in [3.63, 3.8) is 0 Å². The lowest BCUT2D eigenvalue weighted by Gasteiger charge is -2.20. The first-order valence-corrected chi connectivity index (χ1v) is 5.76. The Kier molecular flexibility index (Phi) is 4.62. The summed E-state index contributed by atoms with van der Waals surface area (Å²) in [5, 5.41) is 12.6. The van der Waals surface area contributed by atoms with Gasteiger partial charge in [0.25, 0.3) is 0 Å². The van der Waals surface area contributed by atoms with Gasteiger partial charge in [-0.2, -0.15) is 0 Å². The lowest BCUT2D eigenvalue weighted by Crippen LogP contribution is -2.25. The molecule has 0 aliphatic rings. The molecule has 16 heavy (non-hydrogen) atoms. The first-order valence-electron chi connectivity index (χ1n) is 5.76. The molecule has 0 saturated carbocycles. The highest BCUT2D eigenvalue weighted by Gasteiger charge is 2.09. The number of nitrogens with one attached hydrogen (secondary N) is 1. The summed E-state index contributed by atoms with van der Waals surface area (Å²) in [7, 11) is 0. The fourth-order valence-corrected chi connectivity index (χ4v) is 1.88. The smallest absolute Gasteiger partial charge is 0.0632 e. The molecule has 90 valence electrons. The molecule has 1 aromatic carbocycles. The molecule has 3 nitrogen and oxygen atoms in total. The van der Waals surface area contributed by atoms with Gasteiger partial charge in [-0.1, -0.05) is 13.8 Å². The van der Waals surface area contributed by atoms with E-state index in [2.05, 4.69) is 19.2 Å². The third-order valence-corrected chi connectivity index (χ3v) is 2.45. The monoisotopic (exact) mass is 222 g/mol. The van der Waals surface area contributed by atoms with E-state index in [1.165, 1.54) is 0 Å². The first-order chi connectivity index (χ1) is 7.51. The number of aryl methyl sites for hydroxylation is 1. The number of aliphatic hydroxyl groups excluding tert-OH is 1. The van der Waals surface area contributed by atoms with Crippen LogP contribution in [-0.4, -0.2) is 17.8 Å². The fourth-order valence-electron chi connectivity index (χ4n) is 1.88. The van der Waals surface area contributed by atoms with Gasteiger partial charge in [0.05, 0.1) is 6.61 Å². The van der Waals surface area contributed by atoms with Crippen molar-refractivity contribution in [2.45, 2.75) is 33.2 Å². The first kappa shape index (κ1) is 12.8. The van der Waals surface area contributed by atoms with Crippen LogP contribution in [0.2, 0.25) is 0 Å². The molecule has 0 aliphatic carbocycles. The van der Waals surface area contributed by atoms with Crippen molar-refractivity contribution in [1.82, 2.24) is 0 Å². The molecule has 4 N–H and O–H groups in total. The number of rotatable bonds is 5. The second-order valence-corrected chi connectivity index (χ2v) is 4.79. The lowest BCUT2D eigenvalue weighted by molar-refractivity contribution is 0.259. The van der Waals surface area contributed by atoms with Gasteiger partial charge in [-0.15, -0.1) is 0 Å². The number of anilines is 2. The summed E-state index contributed by atoms with van der Waals surface area (Å²) in [6.45, 7) is 6.45. The zero-order valence-corrected chi connectivity index (χ0v) is 10.3. The summed E-state index contributed by atoms with van der Waals surface area (Å²) in [5.41, 5.74) is 8.64. The van der Waals surface area contributed by atoms with Crippen LogP contribution < -0.4 is 11.1 Å². The van der Waals surface area contributed by atoms with Gasteiger partial charge in [0.15, 0.2) is 0 Å². The Morgan fingerprint density at radius 1 is 1.31 bits per heavy atom. The zero-order valence-electron chi connectivity index (χ0n) is 10.3. The van der Waals surface area contributed by atoms with E-state index in [0.29, 0.717) is 5.92 Å². The third-order valence-electron chi connectivity index (χ3n) is 2.45. The molecule has 0 radical (unpaired) electrons. The predicted octanol–water partition coefficient (Wildman–Crippen LogP) is 2.40. The topological polar surface area (TPSA) is 58.3 Å². The number of benzene rings is 1. The van der Waals surface area contributed by atoms with Crippen molar-refractivity contribution in [3.8, 4) is 0 Å². The second-order valence-electron chi connectivity index (χ2n) is 4.79. The van der Waals surface area contributed by atoms with Crippen LogP contribution in [0.25, 0.3) is 0 Å². The Labute approximate surface area is 97.7 Å². The van der Waals surface area contributed by atoms with Crippen molar-refractivity contribution < 1.29 is 5.11 Å². The van der Waals surface area contributed by atoms with E-state index in [1.54, 1.807) is 0 Å². The molecule has 0 aliphatic heterocycles. The van der Waals surface area contributed by atoms with Crippen LogP contribution in [0.4, 0.5) is 11.4 Å². The van der Waals surface area contributed by atoms with Crippen molar-refractivity contribution in [3.05, 3.63) is 23.8 Å². The standard InChI is InChI=1S/C13H22N2O/c1-9(2)4-13(8-16)15-12-6-10(3)5-11(14)7-12/h5-7,9,13,15-16H,4,8,14H2,1-3H3. The molecule has 0 bridgehead atoms. The van der Waals surface area contributed by atoms with Crippen molar-refractivity contribution in [1.29, 1.82) is 0 Å². The van der Waals surface area contributed by atoms with Crippen LogP contribution in [0.3, 0.4) is 0 Å². The maximum absolute atomic E-state index is 9.28. The quantitative estimate of drug-likeness (QED) is 0.670. The summed E-state index contributed by atoms with van der Waals surface area (Å²) in [6, 6.07) is 5.97. The number of aliphatic hydroxyl groups is 1. The van der Waals surface area contributed by atoms with Gasteiger partial charge in [0.2, 0.25) is 0 Å². The van der Waals surface area contributed by atoms with Crippen LogP contribution in [0.5, 0.6) is 0 Å². The molecular weight excluding hydrogens is 200 g/mol. The van der Waals surface area contributed by atoms with E-state index in [-0.39, 0.29) is 12.6 Å². The molecule has 0 fully saturated rings. The van der Waals surface area contributed by atoms with Crippen LogP contribution in [-0.2, 0) is 0 Å². The normalized spacial score (nSPS) is 12.8. The Bertz CT molecular complexity index is 316. The minimum Gasteiger partial charge on any atom is -0.399 e. The van der Waals surface area contributed by atoms with E-state index in [1.807, 2.05) is 25.1 Å². The van der Waals surface area contributed by atoms with Gasteiger partial charge in [-0.3, -0.25) is 0 Å². The van der Waals surface area contributed by atoms with E-state index in [9.17, 15) is 5.11 Å². The van der Waals surface area contributed by atoms with Gasteiger partial charge in [0, 0.05) is 17.4 Å². The molecule has 1 rings (SSSR count). The molecule has 0 amide bonds. The van der Waals surface area contributed by atoms with Crippen molar-refractivity contribution >= 4 is 11.4 Å². The Morgan fingerprint density at radius 2 is 2.00 bits per heavy atom. The highest BCUT2D eigenvalue weighted by atomic mass is 16.3.